The zero-order chi connectivity index (χ0) is 15.4. The molecule has 0 bridgehead atoms. The summed E-state index contributed by atoms with van der Waals surface area (Å²) in [6.07, 6.45) is 0. The van der Waals surface area contributed by atoms with E-state index < -0.39 is 0 Å². The Labute approximate surface area is 123 Å². The van der Waals surface area contributed by atoms with Crippen LogP contribution in [0.3, 0.4) is 0 Å². The van der Waals surface area contributed by atoms with Gasteiger partial charge in [-0.3, -0.25) is 4.79 Å². The topological polar surface area (TPSA) is 77.8 Å². The van der Waals surface area contributed by atoms with Gasteiger partial charge < -0.3 is 10.6 Å². The molecule has 2 aromatic rings. The number of hydrogen-bond acceptors (Lipinski definition) is 4. The number of anilines is 3. The SMILES string of the molecule is CC(=O)Nc1c(C)cc(Nc2cccc(C#N)n2)cc1C. The van der Waals surface area contributed by atoms with Crippen molar-refractivity contribution in [2.75, 3.05) is 10.6 Å². The van der Waals surface area contributed by atoms with Crippen molar-refractivity contribution in [3.8, 4) is 6.07 Å². The number of nitrogens with one attached hydrogen (secondary N) is 2. The number of carbonyl (C=O) groups excluding carboxylic acids is 1. The van der Waals surface area contributed by atoms with Gasteiger partial charge in [-0.15, -0.1) is 0 Å². The Morgan fingerprint density at radius 3 is 2.48 bits per heavy atom. The molecule has 0 atom stereocenters. The summed E-state index contributed by atoms with van der Waals surface area (Å²) in [6.45, 7) is 5.35. The van der Waals surface area contributed by atoms with Crippen LogP contribution in [0.2, 0.25) is 0 Å². The predicted molar refractivity (Wildman–Crippen MR) is 82.5 cm³/mol. The maximum Gasteiger partial charge on any atom is 0.221 e. The van der Waals surface area contributed by atoms with Crippen molar-refractivity contribution in [1.82, 2.24) is 4.98 Å². The molecule has 0 saturated heterocycles. The van der Waals surface area contributed by atoms with Gasteiger partial charge in [0.05, 0.1) is 0 Å². The smallest absolute Gasteiger partial charge is 0.221 e. The van der Waals surface area contributed by atoms with E-state index in [0.717, 1.165) is 22.5 Å². The fourth-order valence-corrected chi connectivity index (χ4v) is 2.12. The number of rotatable bonds is 3. The molecule has 1 aromatic carbocycles. The lowest BCUT2D eigenvalue weighted by atomic mass is 10.1. The van der Waals surface area contributed by atoms with Gasteiger partial charge in [-0.2, -0.15) is 5.26 Å². The average molecular weight is 280 g/mol. The molecular weight excluding hydrogens is 264 g/mol. The molecule has 2 N–H and O–H groups in total. The fraction of sp³-hybridized carbons (Fsp3) is 0.188. The predicted octanol–water partition coefficient (Wildman–Crippen LogP) is 3.27. The minimum atomic E-state index is -0.0923. The highest BCUT2D eigenvalue weighted by Gasteiger charge is 2.07. The lowest BCUT2D eigenvalue weighted by Gasteiger charge is -2.14. The van der Waals surface area contributed by atoms with Crippen molar-refractivity contribution in [2.24, 2.45) is 0 Å². The van der Waals surface area contributed by atoms with E-state index in [4.69, 9.17) is 5.26 Å². The third-order valence-corrected chi connectivity index (χ3v) is 2.97. The number of amides is 1. The molecule has 0 unspecified atom stereocenters. The van der Waals surface area contributed by atoms with Gasteiger partial charge in [0.2, 0.25) is 5.91 Å². The average Bonchev–Trinajstić information content (AvgIpc) is 2.43. The molecule has 5 heteroatoms. The molecule has 0 fully saturated rings. The summed E-state index contributed by atoms with van der Waals surface area (Å²) in [5, 5.41) is 14.8. The third kappa shape index (κ3) is 3.57. The number of aromatic nitrogens is 1. The molecule has 1 amide bonds. The van der Waals surface area contributed by atoms with Crippen molar-refractivity contribution in [1.29, 1.82) is 5.26 Å². The van der Waals surface area contributed by atoms with Crippen LogP contribution in [0.15, 0.2) is 30.3 Å². The van der Waals surface area contributed by atoms with E-state index in [9.17, 15) is 4.79 Å². The number of hydrogen-bond donors (Lipinski definition) is 2. The second kappa shape index (κ2) is 6.06. The molecular formula is C16H16N4O. The summed E-state index contributed by atoms with van der Waals surface area (Å²) in [4.78, 5) is 15.4. The van der Waals surface area contributed by atoms with Gasteiger partial charge in [-0.25, -0.2) is 4.98 Å². The van der Waals surface area contributed by atoms with E-state index in [2.05, 4.69) is 15.6 Å². The number of aryl methyl sites for hydroxylation is 2. The summed E-state index contributed by atoms with van der Waals surface area (Å²) in [5.41, 5.74) is 3.98. The highest BCUT2D eigenvalue weighted by Crippen LogP contribution is 2.26. The van der Waals surface area contributed by atoms with Crippen LogP contribution < -0.4 is 10.6 Å². The lowest BCUT2D eigenvalue weighted by Crippen LogP contribution is -2.09. The quantitative estimate of drug-likeness (QED) is 0.904. The van der Waals surface area contributed by atoms with Crippen LogP contribution in [0.4, 0.5) is 17.2 Å². The molecule has 0 aliphatic heterocycles. The van der Waals surface area contributed by atoms with Gasteiger partial charge in [-0.1, -0.05) is 6.07 Å². The van der Waals surface area contributed by atoms with Crippen LogP contribution in [0.5, 0.6) is 0 Å². The van der Waals surface area contributed by atoms with Gasteiger partial charge >= 0.3 is 0 Å². The van der Waals surface area contributed by atoms with Crippen LogP contribution in [0.1, 0.15) is 23.7 Å². The summed E-state index contributed by atoms with van der Waals surface area (Å²) in [7, 11) is 0. The maximum atomic E-state index is 11.2. The van der Waals surface area contributed by atoms with E-state index in [-0.39, 0.29) is 5.91 Å². The van der Waals surface area contributed by atoms with Crippen molar-refractivity contribution >= 4 is 23.1 Å². The Balaban J connectivity index is 2.29. The highest BCUT2D eigenvalue weighted by atomic mass is 16.1. The molecule has 2 rings (SSSR count). The standard InChI is InChI=1S/C16H16N4O/c1-10-7-14(8-11(2)16(10)18-12(3)21)20-15-6-4-5-13(9-17)19-15/h4-8H,1-3H3,(H,18,21)(H,19,20). The number of nitriles is 1. The summed E-state index contributed by atoms with van der Waals surface area (Å²) in [6, 6.07) is 11.1. The summed E-state index contributed by atoms with van der Waals surface area (Å²) < 4.78 is 0. The number of benzene rings is 1. The molecule has 0 saturated carbocycles. The second-order valence-corrected chi connectivity index (χ2v) is 4.81. The highest BCUT2D eigenvalue weighted by molar-refractivity contribution is 5.91. The molecule has 0 aliphatic rings. The van der Waals surface area contributed by atoms with E-state index >= 15 is 0 Å². The lowest BCUT2D eigenvalue weighted by molar-refractivity contribution is -0.114. The summed E-state index contributed by atoms with van der Waals surface area (Å²) in [5.74, 6) is 0.519. The second-order valence-electron chi connectivity index (χ2n) is 4.81. The van der Waals surface area contributed by atoms with Crippen molar-refractivity contribution < 1.29 is 4.79 Å². The maximum absolute atomic E-state index is 11.2. The van der Waals surface area contributed by atoms with Crippen LogP contribution in [0, 0.1) is 25.2 Å². The van der Waals surface area contributed by atoms with Crippen molar-refractivity contribution in [3.63, 3.8) is 0 Å². The number of nitrogens with zero attached hydrogens (tertiary/aromatic N) is 2. The first-order chi connectivity index (χ1) is 9.99. The molecule has 1 heterocycles. The largest absolute Gasteiger partial charge is 0.340 e. The van der Waals surface area contributed by atoms with Crippen molar-refractivity contribution in [2.45, 2.75) is 20.8 Å². The van der Waals surface area contributed by atoms with E-state index in [1.807, 2.05) is 32.0 Å². The Morgan fingerprint density at radius 2 is 1.90 bits per heavy atom. The molecule has 1 aromatic heterocycles. The fourth-order valence-electron chi connectivity index (χ4n) is 2.12. The minimum absolute atomic E-state index is 0.0923. The first kappa shape index (κ1) is 14.5. The third-order valence-electron chi connectivity index (χ3n) is 2.97. The summed E-state index contributed by atoms with van der Waals surface area (Å²) >= 11 is 0. The zero-order valence-electron chi connectivity index (χ0n) is 12.2. The first-order valence-electron chi connectivity index (χ1n) is 6.52. The van der Waals surface area contributed by atoms with Gasteiger partial charge in [0, 0.05) is 18.3 Å². The molecule has 0 aliphatic carbocycles. The number of pyridine rings is 1. The van der Waals surface area contributed by atoms with Gasteiger partial charge in [0.1, 0.15) is 17.6 Å². The normalized spacial score (nSPS) is 9.81. The van der Waals surface area contributed by atoms with E-state index in [1.54, 1.807) is 18.2 Å². The minimum Gasteiger partial charge on any atom is -0.340 e. The van der Waals surface area contributed by atoms with E-state index in [0.29, 0.717) is 11.5 Å². The van der Waals surface area contributed by atoms with Crippen LogP contribution in [-0.2, 0) is 4.79 Å². The van der Waals surface area contributed by atoms with Crippen LogP contribution in [-0.4, -0.2) is 10.9 Å². The Hall–Kier alpha value is -2.87. The first-order valence-corrected chi connectivity index (χ1v) is 6.52. The van der Waals surface area contributed by atoms with Gasteiger partial charge in [0.15, 0.2) is 0 Å². The molecule has 5 nitrogen and oxygen atoms in total. The van der Waals surface area contributed by atoms with Crippen LogP contribution in [0.25, 0.3) is 0 Å². The Bertz CT molecular complexity index is 708. The van der Waals surface area contributed by atoms with Crippen molar-refractivity contribution in [3.05, 3.63) is 47.2 Å². The Morgan fingerprint density at radius 1 is 1.24 bits per heavy atom. The van der Waals surface area contributed by atoms with Gasteiger partial charge in [-0.05, 0) is 49.2 Å². The number of carbonyl (C=O) groups is 1. The molecule has 106 valence electrons. The molecule has 0 radical (unpaired) electrons. The van der Waals surface area contributed by atoms with Crippen LogP contribution >= 0.6 is 0 Å². The van der Waals surface area contributed by atoms with Gasteiger partial charge in [0.25, 0.3) is 0 Å². The Kier molecular flexibility index (Phi) is 4.19. The molecule has 21 heavy (non-hydrogen) atoms. The van der Waals surface area contributed by atoms with E-state index in [1.165, 1.54) is 6.92 Å². The zero-order valence-corrected chi connectivity index (χ0v) is 12.2. The molecule has 0 spiro atoms. The monoisotopic (exact) mass is 280 g/mol.